The lowest BCUT2D eigenvalue weighted by Crippen LogP contribution is -2.01. The van der Waals surface area contributed by atoms with Crippen LogP contribution in [0.25, 0.3) is 127 Å². The Balaban J connectivity index is 1.03. The SMILES string of the molecule is C1=CC(c2nc3c4ccccc4c4ccccc4c3nc2-c2cccc(-c3cc(-c4cccc(-c5ccccc5)c4)cc4c3oc3ccc(-c5cccc(-c6ccccc6)c5)cc34)c2)=CCC1. The molecule has 12 aromatic rings. The number of benzene rings is 10. The fraction of sp³-hybridized carbons (Fsp3) is 0.0312. The van der Waals surface area contributed by atoms with Crippen molar-refractivity contribution in [2.75, 3.05) is 0 Å². The molecule has 0 saturated heterocycles. The van der Waals surface area contributed by atoms with Crippen LogP contribution in [-0.2, 0) is 0 Å². The molecule has 3 heteroatoms. The van der Waals surface area contributed by atoms with E-state index in [9.17, 15) is 0 Å². The molecule has 13 rings (SSSR count). The molecule has 0 amide bonds. The highest BCUT2D eigenvalue weighted by Gasteiger charge is 2.21. The van der Waals surface area contributed by atoms with Gasteiger partial charge in [-0.05, 0) is 122 Å². The molecule has 2 heterocycles. The quantitative estimate of drug-likeness (QED) is 0.150. The van der Waals surface area contributed by atoms with Crippen LogP contribution in [0.15, 0.2) is 235 Å². The first-order chi connectivity index (χ1) is 33.2. The zero-order chi connectivity index (χ0) is 44.3. The van der Waals surface area contributed by atoms with E-state index in [4.69, 9.17) is 14.4 Å². The Kier molecular flexibility index (Phi) is 9.31. The number of rotatable bonds is 7. The zero-order valence-electron chi connectivity index (χ0n) is 36.7. The Hall–Kier alpha value is -8.66. The van der Waals surface area contributed by atoms with Crippen molar-refractivity contribution in [2.45, 2.75) is 12.8 Å². The van der Waals surface area contributed by atoms with Crippen molar-refractivity contribution in [2.24, 2.45) is 0 Å². The molecular formula is C64H42N2O. The molecule has 0 radical (unpaired) electrons. The Bertz CT molecular complexity index is 3970. The first-order valence-electron chi connectivity index (χ1n) is 23.1. The molecule has 1 aliphatic carbocycles. The Labute approximate surface area is 388 Å². The first-order valence-corrected chi connectivity index (χ1v) is 23.1. The topological polar surface area (TPSA) is 38.9 Å². The van der Waals surface area contributed by atoms with Gasteiger partial charge in [0.15, 0.2) is 0 Å². The van der Waals surface area contributed by atoms with Gasteiger partial charge in [-0.1, -0.05) is 188 Å². The van der Waals surface area contributed by atoms with E-state index in [1.165, 1.54) is 33.0 Å². The van der Waals surface area contributed by atoms with Crippen LogP contribution in [0.4, 0.5) is 0 Å². The summed E-state index contributed by atoms with van der Waals surface area (Å²) >= 11 is 0. The summed E-state index contributed by atoms with van der Waals surface area (Å²) in [6.07, 6.45) is 8.76. The molecule has 0 bridgehead atoms. The minimum atomic E-state index is 0.850. The minimum absolute atomic E-state index is 0.850. The predicted molar refractivity (Wildman–Crippen MR) is 281 cm³/mol. The van der Waals surface area contributed by atoms with E-state index in [0.717, 1.165) is 112 Å². The lowest BCUT2D eigenvalue weighted by atomic mass is 9.92. The average molecular weight is 855 g/mol. The Morgan fingerprint density at radius 1 is 0.328 bits per heavy atom. The standard InChI is InChI=1S/C64H42N2O/c1-4-17-41(18-5-1)44-23-14-25-46(35-44)48-33-34-59-57(38-48)58-40-51(47-26-15-24-45(36-47)42-19-6-2-7-20-42)39-56(64(58)67-59)49-27-16-28-50(37-49)61-60(43-21-8-3-9-22-43)65-62-54-31-12-10-29-52(54)53-30-11-13-32-55(53)63(62)66-61/h1-2,4-8,10-40H,3,9H2. The summed E-state index contributed by atoms with van der Waals surface area (Å²) in [7, 11) is 0. The van der Waals surface area contributed by atoms with Gasteiger partial charge < -0.3 is 4.42 Å². The van der Waals surface area contributed by atoms with Crippen LogP contribution in [0.3, 0.4) is 0 Å². The molecule has 0 unspecified atom stereocenters. The van der Waals surface area contributed by atoms with Crippen LogP contribution in [0.2, 0.25) is 0 Å². The van der Waals surface area contributed by atoms with Gasteiger partial charge in [0.1, 0.15) is 11.2 Å². The smallest absolute Gasteiger partial charge is 0.143 e. The fourth-order valence-electron chi connectivity index (χ4n) is 10.1. The highest BCUT2D eigenvalue weighted by Crippen LogP contribution is 2.44. The van der Waals surface area contributed by atoms with E-state index < -0.39 is 0 Å². The molecular weight excluding hydrogens is 813 g/mol. The molecule has 0 fully saturated rings. The number of hydrogen-bond acceptors (Lipinski definition) is 3. The second kappa shape index (κ2) is 16.1. The summed E-state index contributed by atoms with van der Waals surface area (Å²) in [5.41, 5.74) is 18.8. The second-order valence-electron chi connectivity index (χ2n) is 17.5. The van der Waals surface area contributed by atoms with Gasteiger partial charge in [-0.3, -0.25) is 0 Å². The van der Waals surface area contributed by atoms with Gasteiger partial charge in [0.05, 0.1) is 22.4 Å². The van der Waals surface area contributed by atoms with Crippen LogP contribution < -0.4 is 0 Å². The summed E-state index contributed by atoms with van der Waals surface area (Å²) in [5, 5.41) is 6.72. The molecule has 67 heavy (non-hydrogen) atoms. The Morgan fingerprint density at radius 2 is 0.821 bits per heavy atom. The second-order valence-corrected chi connectivity index (χ2v) is 17.5. The van der Waals surface area contributed by atoms with Gasteiger partial charge >= 0.3 is 0 Å². The molecule has 1 aliphatic rings. The van der Waals surface area contributed by atoms with E-state index in [1.54, 1.807) is 0 Å². The van der Waals surface area contributed by atoms with Crippen LogP contribution in [-0.4, -0.2) is 9.97 Å². The first kappa shape index (κ1) is 38.8. The van der Waals surface area contributed by atoms with E-state index >= 15 is 0 Å². The fourth-order valence-corrected chi connectivity index (χ4v) is 10.1. The van der Waals surface area contributed by atoms with Gasteiger partial charge in [-0.25, -0.2) is 9.97 Å². The lowest BCUT2D eigenvalue weighted by Gasteiger charge is -2.16. The summed E-state index contributed by atoms with van der Waals surface area (Å²) in [6.45, 7) is 0. The molecule has 0 N–H and O–H groups in total. The van der Waals surface area contributed by atoms with Crippen molar-refractivity contribution in [3.8, 4) is 66.9 Å². The van der Waals surface area contributed by atoms with Crippen molar-refractivity contribution in [1.29, 1.82) is 0 Å². The molecule has 0 saturated carbocycles. The number of fused-ring (bicyclic) bond motifs is 9. The third-order valence-corrected chi connectivity index (χ3v) is 13.4. The van der Waals surface area contributed by atoms with E-state index in [0.29, 0.717) is 0 Å². The normalized spacial score (nSPS) is 12.7. The molecule has 314 valence electrons. The average Bonchev–Trinajstić information content (AvgIpc) is 3.79. The van der Waals surface area contributed by atoms with E-state index in [2.05, 4.69) is 231 Å². The maximum Gasteiger partial charge on any atom is 0.143 e. The van der Waals surface area contributed by atoms with Crippen molar-refractivity contribution in [3.05, 3.63) is 236 Å². The maximum absolute atomic E-state index is 6.97. The van der Waals surface area contributed by atoms with E-state index in [1.807, 2.05) is 0 Å². The monoisotopic (exact) mass is 854 g/mol. The van der Waals surface area contributed by atoms with Crippen LogP contribution >= 0.6 is 0 Å². The number of allylic oxidation sites excluding steroid dienone is 4. The molecule has 2 aromatic heterocycles. The largest absolute Gasteiger partial charge is 0.455 e. The summed E-state index contributed by atoms with van der Waals surface area (Å²) in [4.78, 5) is 11.2. The highest BCUT2D eigenvalue weighted by molar-refractivity contribution is 6.23. The van der Waals surface area contributed by atoms with Crippen molar-refractivity contribution in [3.63, 3.8) is 0 Å². The molecule has 0 atom stereocenters. The Morgan fingerprint density at radius 3 is 1.45 bits per heavy atom. The van der Waals surface area contributed by atoms with Crippen molar-refractivity contribution in [1.82, 2.24) is 9.97 Å². The molecule has 0 aliphatic heterocycles. The molecule has 0 spiro atoms. The number of hydrogen-bond donors (Lipinski definition) is 0. The summed E-state index contributed by atoms with van der Waals surface area (Å²) < 4.78 is 6.97. The van der Waals surface area contributed by atoms with Gasteiger partial charge in [-0.2, -0.15) is 0 Å². The van der Waals surface area contributed by atoms with Crippen LogP contribution in [0, 0.1) is 0 Å². The van der Waals surface area contributed by atoms with E-state index in [-0.39, 0.29) is 0 Å². The van der Waals surface area contributed by atoms with Crippen molar-refractivity contribution < 1.29 is 4.42 Å². The van der Waals surface area contributed by atoms with Gasteiger partial charge in [0.2, 0.25) is 0 Å². The number of nitrogens with zero attached hydrogens (tertiary/aromatic N) is 2. The summed E-state index contributed by atoms with van der Waals surface area (Å²) in [5.74, 6) is 0. The highest BCUT2D eigenvalue weighted by atomic mass is 16.3. The number of furan rings is 1. The van der Waals surface area contributed by atoms with Gasteiger partial charge in [0, 0.05) is 32.7 Å². The van der Waals surface area contributed by atoms with Crippen LogP contribution in [0.1, 0.15) is 18.5 Å². The maximum atomic E-state index is 6.97. The van der Waals surface area contributed by atoms with Gasteiger partial charge in [-0.15, -0.1) is 0 Å². The summed E-state index contributed by atoms with van der Waals surface area (Å²) in [6, 6.07) is 76.1. The van der Waals surface area contributed by atoms with Crippen LogP contribution in [0.5, 0.6) is 0 Å². The minimum Gasteiger partial charge on any atom is -0.455 e. The number of aromatic nitrogens is 2. The lowest BCUT2D eigenvalue weighted by molar-refractivity contribution is 0.670. The predicted octanol–water partition coefficient (Wildman–Crippen LogP) is 17.6. The molecule has 10 aromatic carbocycles. The van der Waals surface area contributed by atoms with Crippen molar-refractivity contribution >= 4 is 60.1 Å². The molecule has 3 nitrogen and oxygen atoms in total. The van der Waals surface area contributed by atoms with Gasteiger partial charge in [0.25, 0.3) is 0 Å². The zero-order valence-corrected chi connectivity index (χ0v) is 36.7. The third kappa shape index (κ3) is 6.83. The third-order valence-electron chi connectivity index (χ3n) is 13.4.